The second kappa shape index (κ2) is 4.40. The Kier molecular flexibility index (Phi) is 2.95. The maximum Gasteiger partial charge on any atom is 0.215 e. The lowest BCUT2D eigenvalue weighted by Gasteiger charge is -2.02. The second-order valence-corrected chi connectivity index (χ2v) is 4.15. The fourth-order valence-corrected chi connectivity index (χ4v) is 1.89. The van der Waals surface area contributed by atoms with E-state index in [9.17, 15) is 4.79 Å². The summed E-state index contributed by atoms with van der Waals surface area (Å²) >= 11 is 1.37. The lowest BCUT2D eigenvalue weighted by atomic mass is 10.2. The molecule has 0 fully saturated rings. The molecule has 82 valence electrons. The van der Waals surface area contributed by atoms with E-state index in [4.69, 9.17) is 0 Å². The van der Waals surface area contributed by atoms with E-state index in [0.29, 0.717) is 10.7 Å². The van der Waals surface area contributed by atoms with Crippen molar-refractivity contribution in [2.45, 2.75) is 17.1 Å². The predicted octanol–water partition coefficient (Wildman–Crippen LogP) is 0.877. The number of hydrogen-bond donors (Lipinski definition) is 0. The van der Waals surface area contributed by atoms with Gasteiger partial charge in [-0.25, -0.2) is 9.67 Å². The number of rotatable bonds is 3. The van der Waals surface area contributed by atoms with Crippen LogP contribution in [0.25, 0.3) is 0 Å². The highest BCUT2D eigenvalue weighted by Gasteiger charge is 2.08. The van der Waals surface area contributed by atoms with Gasteiger partial charge in [0.2, 0.25) is 5.16 Å². The quantitative estimate of drug-likeness (QED) is 0.735. The smallest absolute Gasteiger partial charge is 0.215 e. The molecule has 6 nitrogen and oxygen atoms in total. The van der Waals surface area contributed by atoms with E-state index in [1.807, 2.05) is 6.92 Å². The number of nitrogens with zero attached hydrogens (tertiary/aromatic N) is 5. The number of carbonyl (C=O) groups excluding carboxylic acids is 1. The van der Waals surface area contributed by atoms with E-state index in [-0.39, 0.29) is 0 Å². The van der Waals surface area contributed by atoms with Crippen LogP contribution in [-0.4, -0.2) is 31.5 Å². The van der Waals surface area contributed by atoms with Crippen LogP contribution in [0.4, 0.5) is 0 Å². The van der Waals surface area contributed by atoms with Crippen LogP contribution in [-0.2, 0) is 7.05 Å². The number of aryl methyl sites for hydroxylation is 2. The van der Waals surface area contributed by atoms with Gasteiger partial charge in [0.1, 0.15) is 5.03 Å². The minimum atomic E-state index is 0.568. The van der Waals surface area contributed by atoms with Crippen molar-refractivity contribution in [3.8, 4) is 0 Å². The van der Waals surface area contributed by atoms with Crippen LogP contribution in [0.2, 0.25) is 0 Å². The number of aromatic nitrogens is 5. The number of tetrazole rings is 1. The third-order valence-corrected chi connectivity index (χ3v) is 3.11. The molecule has 0 spiro atoms. The Morgan fingerprint density at radius 3 is 2.88 bits per heavy atom. The summed E-state index contributed by atoms with van der Waals surface area (Å²) in [6.07, 6.45) is 2.31. The van der Waals surface area contributed by atoms with Crippen molar-refractivity contribution in [1.82, 2.24) is 25.2 Å². The largest absolute Gasteiger partial charge is 0.298 e. The second-order valence-electron chi connectivity index (χ2n) is 3.20. The third kappa shape index (κ3) is 2.08. The molecular formula is C9H9N5OS. The molecule has 0 saturated carbocycles. The van der Waals surface area contributed by atoms with Gasteiger partial charge in [0.05, 0.1) is 0 Å². The monoisotopic (exact) mass is 235 g/mol. The average molecular weight is 235 g/mol. The average Bonchev–Trinajstić information content (AvgIpc) is 2.67. The van der Waals surface area contributed by atoms with Crippen molar-refractivity contribution in [3.63, 3.8) is 0 Å². The van der Waals surface area contributed by atoms with E-state index in [1.54, 1.807) is 17.8 Å². The van der Waals surface area contributed by atoms with Crippen LogP contribution in [0.15, 0.2) is 22.4 Å². The van der Waals surface area contributed by atoms with Gasteiger partial charge >= 0.3 is 0 Å². The molecular weight excluding hydrogens is 226 g/mol. The molecule has 0 aliphatic rings. The van der Waals surface area contributed by atoms with Gasteiger partial charge in [-0.1, -0.05) is 0 Å². The van der Waals surface area contributed by atoms with Crippen molar-refractivity contribution < 1.29 is 4.79 Å². The molecule has 0 unspecified atom stereocenters. The topological polar surface area (TPSA) is 73.6 Å². The van der Waals surface area contributed by atoms with Crippen molar-refractivity contribution in [1.29, 1.82) is 0 Å². The Morgan fingerprint density at radius 1 is 1.50 bits per heavy atom. The molecule has 0 aliphatic heterocycles. The molecule has 2 aromatic rings. The highest BCUT2D eigenvalue weighted by Crippen LogP contribution is 2.25. The van der Waals surface area contributed by atoms with Gasteiger partial charge in [0.25, 0.3) is 0 Å². The fraction of sp³-hybridized carbons (Fsp3) is 0.222. The number of hydrogen-bond acceptors (Lipinski definition) is 6. The van der Waals surface area contributed by atoms with Crippen molar-refractivity contribution >= 4 is 18.0 Å². The third-order valence-electron chi connectivity index (χ3n) is 1.96. The maximum absolute atomic E-state index is 10.6. The van der Waals surface area contributed by atoms with Crippen LogP contribution < -0.4 is 0 Å². The minimum absolute atomic E-state index is 0.568. The van der Waals surface area contributed by atoms with Gasteiger partial charge in [-0.05, 0) is 40.7 Å². The van der Waals surface area contributed by atoms with E-state index in [2.05, 4.69) is 20.5 Å². The fourth-order valence-electron chi connectivity index (χ4n) is 1.15. The molecule has 0 saturated heterocycles. The number of pyridine rings is 1. The predicted molar refractivity (Wildman–Crippen MR) is 57.3 cm³/mol. The number of carbonyl (C=O) groups is 1. The Hall–Kier alpha value is -1.76. The Labute approximate surface area is 96.1 Å². The molecule has 2 aromatic heterocycles. The molecule has 0 atom stereocenters. The summed E-state index contributed by atoms with van der Waals surface area (Å²) in [5.74, 6) is 0. The molecule has 0 aliphatic carbocycles. The lowest BCUT2D eigenvalue weighted by molar-refractivity contribution is 0.112. The van der Waals surface area contributed by atoms with Crippen LogP contribution in [0.5, 0.6) is 0 Å². The Bertz CT molecular complexity index is 524. The standard InChI is InChI=1S/C9H9N5OS/c1-6-3-7(5-15)4-10-8(6)16-9-11-12-13-14(9)2/h3-5H,1-2H3. The highest BCUT2D eigenvalue weighted by atomic mass is 32.2. The van der Waals surface area contributed by atoms with E-state index < -0.39 is 0 Å². The number of aldehydes is 1. The van der Waals surface area contributed by atoms with Gasteiger partial charge in [0.15, 0.2) is 6.29 Å². The Balaban J connectivity index is 2.29. The molecule has 16 heavy (non-hydrogen) atoms. The molecule has 0 aromatic carbocycles. The molecule has 0 N–H and O–H groups in total. The normalized spacial score (nSPS) is 10.4. The van der Waals surface area contributed by atoms with Crippen LogP contribution in [0, 0.1) is 6.92 Å². The van der Waals surface area contributed by atoms with Gasteiger partial charge < -0.3 is 0 Å². The van der Waals surface area contributed by atoms with E-state index in [0.717, 1.165) is 16.9 Å². The highest BCUT2D eigenvalue weighted by molar-refractivity contribution is 7.99. The lowest BCUT2D eigenvalue weighted by Crippen LogP contribution is -1.95. The molecule has 7 heteroatoms. The maximum atomic E-state index is 10.6. The molecule has 0 bridgehead atoms. The van der Waals surface area contributed by atoms with Crippen LogP contribution in [0.3, 0.4) is 0 Å². The first kappa shape index (κ1) is 10.7. The summed E-state index contributed by atoms with van der Waals surface area (Å²) in [5, 5.41) is 12.6. The van der Waals surface area contributed by atoms with Crippen molar-refractivity contribution in [3.05, 3.63) is 23.4 Å². The first-order valence-corrected chi connectivity index (χ1v) is 5.34. The zero-order valence-electron chi connectivity index (χ0n) is 8.78. The van der Waals surface area contributed by atoms with E-state index in [1.165, 1.54) is 18.0 Å². The van der Waals surface area contributed by atoms with Crippen molar-refractivity contribution in [2.24, 2.45) is 7.05 Å². The summed E-state index contributed by atoms with van der Waals surface area (Å²) in [4.78, 5) is 14.7. The summed E-state index contributed by atoms with van der Waals surface area (Å²) < 4.78 is 1.57. The van der Waals surface area contributed by atoms with Crippen LogP contribution >= 0.6 is 11.8 Å². The van der Waals surface area contributed by atoms with Gasteiger partial charge in [-0.2, -0.15) is 0 Å². The summed E-state index contributed by atoms with van der Waals surface area (Å²) in [7, 11) is 1.76. The van der Waals surface area contributed by atoms with Gasteiger partial charge in [-0.3, -0.25) is 4.79 Å². The summed E-state index contributed by atoms with van der Waals surface area (Å²) in [5.41, 5.74) is 1.50. The molecule has 2 heterocycles. The SMILES string of the molecule is Cc1cc(C=O)cnc1Sc1nnnn1C. The van der Waals surface area contributed by atoms with Gasteiger partial charge in [0, 0.05) is 18.8 Å². The van der Waals surface area contributed by atoms with Crippen molar-refractivity contribution in [2.75, 3.05) is 0 Å². The van der Waals surface area contributed by atoms with Crippen LogP contribution in [0.1, 0.15) is 15.9 Å². The minimum Gasteiger partial charge on any atom is -0.298 e. The zero-order chi connectivity index (χ0) is 11.5. The summed E-state index contributed by atoms with van der Waals surface area (Å²) in [6.45, 7) is 1.89. The molecule has 2 rings (SSSR count). The zero-order valence-corrected chi connectivity index (χ0v) is 9.60. The van der Waals surface area contributed by atoms with E-state index >= 15 is 0 Å². The summed E-state index contributed by atoms with van der Waals surface area (Å²) in [6, 6.07) is 1.78. The Morgan fingerprint density at radius 2 is 2.31 bits per heavy atom. The molecule has 0 amide bonds. The van der Waals surface area contributed by atoms with Gasteiger partial charge in [-0.15, -0.1) is 5.10 Å². The molecule has 0 radical (unpaired) electrons. The first-order chi connectivity index (χ1) is 7.70. The first-order valence-electron chi connectivity index (χ1n) is 4.52.